The van der Waals surface area contributed by atoms with Crippen molar-refractivity contribution >= 4 is 11.7 Å². The van der Waals surface area contributed by atoms with Crippen molar-refractivity contribution in [3.8, 4) is 11.5 Å². The molecule has 16 heavy (non-hydrogen) atoms. The van der Waals surface area contributed by atoms with E-state index in [9.17, 15) is 4.79 Å². The Hall–Kier alpha value is -1.97. The van der Waals surface area contributed by atoms with Crippen LogP contribution in [0.5, 0.6) is 11.5 Å². The number of carbonyl (C=O) groups excluding carboxylic acids is 1. The lowest BCUT2D eigenvalue weighted by Gasteiger charge is -2.09. The fourth-order valence-electron chi connectivity index (χ4n) is 1.76. The molecule has 84 valence electrons. The largest absolute Gasteiger partial charge is 0.493 e. The molecule has 2 rings (SSSR count). The second-order valence-corrected chi connectivity index (χ2v) is 3.27. The molecule has 0 amide bonds. The average molecular weight is 220 g/mol. The van der Waals surface area contributed by atoms with E-state index in [0.717, 1.165) is 5.56 Å². The minimum atomic E-state index is -0.404. The molecule has 0 saturated carbocycles. The maximum atomic E-state index is 11.7. The van der Waals surface area contributed by atoms with Crippen LogP contribution in [-0.2, 0) is 4.74 Å². The average Bonchev–Trinajstić information content (AvgIpc) is 2.65. The van der Waals surface area contributed by atoms with E-state index >= 15 is 0 Å². The molecular formula is C12H12O4. The number of hydrogen-bond acceptors (Lipinski definition) is 4. The summed E-state index contributed by atoms with van der Waals surface area (Å²) in [5, 5.41) is 0. The molecule has 4 nitrogen and oxygen atoms in total. The molecule has 0 unspecified atom stereocenters. The highest BCUT2D eigenvalue weighted by Crippen LogP contribution is 2.41. The Bertz CT molecular complexity index is 474. The lowest BCUT2D eigenvalue weighted by molar-refractivity contribution is 0.0712. The molecule has 1 aliphatic heterocycles. The fraction of sp³-hybridized carbons (Fsp3) is 0.250. The van der Waals surface area contributed by atoms with Crippen LogP contribution in [-0.4, -0.2) is 20.2 Å². The fourth-order valence-corrected chi connectivity index (χ4v) is 1.76. The van der Waals surface area contributed by atoms with Crippen LogP contribution in [0.2, 0.25) is 0 Å². The molecule has 4 heteroatoms. The quantitative estimate of drug-likeness (QED) is 0.717. The molecule has 0 atom stereocenters. The van der Waals surface area contributed by atoms with Crippen molar-refractivity contribution in [2.75, 3.05) is 14.2 Å². The number of methoxy groups -OCH3 is 2. The second-order valence-electron chi connectivity index (χ2n) is 3.27. The van der Waals surface area contributed by atoms with Crippen molar-refractivity contribution in [1.82, 2.24) is 0 Å². The minimum absolute atomic E-state index is 0.404. The van der Waals surface area contributed by atoms with Crippen LogP contribution < -0.4 is 9.47 Å². The molecule has 1 aliphatic rings. The first-order valence-corrected chi connectivity index (χ1v) is 4.86. The number of esters is 1. The summed E-state index contributed by atoms with van der Waals surface area (Å²) in [6.07, 6.45) is 1.75. The van der Waals surface area contributed by atoms with Crippen molar-refractivity contribution in [3.63, 3.8) is 0 Å². The van der Waals surface area contributed by atoms with Gasteiger partial charge in [-0.2, -0.15) is 0 Å². The summed E-state index contributed by atoms with van der Waals surface area (Å²) in [4.78, 5) is 11.7. The van der Waals surface area contributed by atoms with E-state index in [0.29, 0.717) is 22.8 Å². The predicted molar refractivity (Wildman–Crippen MR) is 58.6 cm³/mol. The maximum Gasteiger partial charge on any atom is 0.348 e. The van der Waals surface area contributed by atoms with E-state index in [4.69, 9.17) is 14.2 Å². The van der Waals surface area contributed by atoms with Gasteiger partial charge in [-0.25, -0.2) is 4.79 Å². The molecule has 0 aliphatic carbocycles. The molecule has 0 radical (unpaired) electrons. The van der Waals surface area contributed by atoms with Gasteiger partial charge in [0.2, 0.25) is 0 Å². The number of allylic oxidation sites excluding steroid dienone is 1. The number of rotatable bonds is 2. The maximum absolute atomic E-state index is 11.7. The summed E-state index contributed by atoms with van der Waals surface area (Å²) < 4.78 is 15.4. The van der Waals surface area contributed by atoms with E-state index in [1.54, 1.807) is 18.2 Å². The summed E-state index contributed by atoms with van der Waals surface area (Å²) in [5.74, 6) is 1.09. The van der Waals surface area contributed by atoms with Crippen LogP contribution in [0, 0.1) is 0 Å². The smallest absolute Gasteiger partial charge is 0.348 e. The Morgan fingerprint density at radius 2 is 2.00 bits per heavy atom. The van der Waals surface area contributed by atoms with Gasteiger partial charge in [0.15, 0.2) is 11.5 Å². The van der Waals surface area contributed by atoms with Crippen LogP contribution in [0.4, 0.5) is 0 Å². The zero-order valence-corrected chi connectivity index (χ0v) is 9.37. The predicted octanol–water partition coefficient (Wildman–Crippen LogP) is 2.24. The van der Waals surface area contributed by atoms with Crippen molar-refractivity contribution in [1.29, 1.82) is 0 Å². The molecule has 0 fully saturated rings. The highest BCUT2D eigenvalue weighted by molar-refractivity contribution is 6.06. The summed E-state index contributed by atoms with van der Waals surface area (Å²) in [6, 6.07) is 3.54. The molecule has 0 N–H and O–H groups in total. The van der Waals surface area contributed by atoms with Gasteiger partial charge in [0.25, 0.3) is 0 Å². The van der Waals surface area contributed by atoms with Gasteiger partial charge in [0.1, 0.15) is 11.3 Å². The summed E-state index contributed by atoms with van der Waals surface area (Å²) >= 11 is 0. The third kappa shape index (κ3) is 1.34. The van der Waals surface area contributed by atoms with Crippen molar-refractivity contribution in [2.24, 2.45) is 0 Å². The van der Waals surface area contributed by atoms with Crippen LogP contribution >= 0.6 is 0 Å². The van der Waals surface area contributed by atoms with Gasteiger partial charge in [0.05, 0.1) is 14.2 Å². The van der Waals surface area contributed by atoms with Crippen LogP contribution in [0.3, 0.4) is 0 Å². The number of benzene rings is 1. The minimum Gasteiger partial charge on any atom is -0.493 e. The number of carbonyl (C=O) groups is 1. The van der Waals surface area contributed by atoms with Crippen molar-refractivity contribution in [3.05, 3.63) is 29.3 Å². The zero-order chi connectivity index (χ0) is 11.7. The number of hydrogen-bond donors (Lipinski definition) is 0. The van der Waals surface area contributed by atoms with Crippen molar-refractivity contribution < 1.29 is 19.0 Å². The summed E-state index contributed by atoms with van der Waals surface area (Å²) in [6.45, 7) is 1.81. The van der Waals surface area contributed by atoms with Gasteiger partial charge in [-0.1, -0.05) is 0 Å². The van der Waals surface area contributed by atoms with Gasteiger partial charge in [-0.15, -0.1) is 0 Å². The number of fused-ring (bicyclic) bond motifs is 1. The van der Waals surface area contributed by atoms with Crippen LogP contribution in [0.15, 0.2) is 18.2 Å². The number of ether oxygens (including phenoxy) is 3. The highest BCUT2D eigenvalue weighted by Gasteiger charge is 2.31. The first-order valence-electron chi connectivity index (χ1n) is 4.86. The topological polar surface area (TPSA) is 44.8 Å². The monoisotopic (exact) mass is 220 g/mol. The van der Waals surface area contributed by atoms with Gasteiger partial charge in [-0.05, 0) is 25.1 Å². The third-order valence-electron chi connectivity index (χ3n) is 2.48. The summed E-state index contributed by atoms with van der Waals surface area (Å²) in [7, 11) is 3.03. The highest BCUT2D eigenvalue weighted by atomic mass is 16.5. The third-order valence-corrected chi connectivity index (χ3v) is 2.48. The second kappa shape index (κ2) is 3.89. The first kappa shape index (κ1) is 10.5. The van der Waals surface area contributed by atoms with E-state index in [1.165, 1.54) is 14.2 Å². The summed E-state index contributed by atoms with van der Waals surface area (Å²) in [5.41, 5.74) is 1.17. The standard InChI is InChI=1S/C12H12O4/c1-4-8-7-5-6-9(14-2)11(15-3)10(7)12(13)16-8/h4-6H,1-3H3/b8-4-. The first-order chi connectivity index (χ1) is 7.72. The Morgan fingerprint density at radius 3 is 2.56 bits per heavy atom. The zero-order valence-electron chi connectivity index (χ0n) is 9.37. The van der Waals surface area contributed by atoms with E-state index in [1.807, 2.05) is 6.92 Å². The molecule has 0 aromatic heterocycles. The Morgan fingerprint density at radius 1 is 1.25 bits per heavy atom. The van der Waals surface area contributed by atoms with E-state index in [2.05, 4.69) is 0 Å². The van der Waals surface area contributed by atoms with Crippen molar-refractivity contribution in [2.45, 2.75) is 6.92 Å². The van der Waals surface area contributed by atoms with E-state index in [-0.39, 0.29) is 0 Å². The lowest BCUT2D eigenvalue weighted by Crippen LogP contribution is -2.00. The van der Waals surface area contributed by atoms with Gasteiger partial charge < -0.3 is 14.2 Å². The molecule has 1 heterocycles. The van der Waals surface area contributed by atoms with Crippen LogP contribution in [0.1, 0.15) is 22.8 Å². The Labute approximate surface area is 93.4 Å². The van der Waals surface area contributed by atoms with Gasteiger partial charge in [0, 0.05) is 5.56 Å². The molecule has 1 aromatic carbocycles. The van der Waals surface area contributed by atoms with E-state index < -0.39 is 5.97 Å². The number of cyclic esters (lactones) is 1. The van der Waals surface area contributed by atoms with Gasteiger partial charge in [-0.3, -0.25) is 0 Å². The Balaban J connectivity index is 2.70. The molecular weight excluding hydrogens is 208 g/mol. The molecule has 0 bridgehead atoms. The molecule has 0 saturated heterocycles. The molecule has 0 spiro atoms. The SMILES string of the molecule is C/C=C1\OC(=O)c2c1ccc(OC)c2OC. The molecule has 1 aromatic rings. The lowest BCUT2D eigenvalue weighted by atomic mass is 10.1. The van der Waals surface area contributed by atoms with Crippen LogP contribution in [0.25, 0.3) is 5.76 Å². The normalized spacial score (nSPS) is 15.9. The van der Waals surface area contributed by atoms with Gasteiger partial charge >= 0.3 is 5.97 Å². The Kier molecular flexibility index (Phi) is 2.56.